The van der Waals surface area contributed by atoms with Crippen molar-refractivity contribution in [2.24, 2.45) is 0 Å². The number of pyridine rings is 2. The molecule has 1 aliphatic heterocycles. The number of hydrogen-bond acceptors (Lipinski definition) is 5. The van der Waals surface area contributed by atoms with Gasteiger partial charge in [-0.25, -0.2) is 9.97 Å². The molecule has 3 N–H and O–H groups in total. The number of carbonyl (C=O) groups excluding carboxylic acids is 1. The van der Waals surface area contributed by atoms with Gasteiger partial charge in [-0.05, 0) is 43.7 Å². The van der Waals surface area contributed by atoms with Gasteiger partial charge in [0.2, 0.25) is 0 Å². The zero-order valence-corrected chi connectivity index (χ0v) is 14.7. The number of rotatable bonds is 4. The van der Waals surface area contributed by atoms with Crippen LogP contribution in [-0.2, 0) is 0 Å². The Bertz CT molecular complexity index is 929. The van der Waals surface area contributed by atoms with Gasteiger partial charge >= 0.3 is 0 Å². The summed E-state index contributed by atoms with van der Waals surface area (Å²) < 4.78 is 1.95. The highest BCUT2D eigenvalue weighted by molar-refractivity contribution is 5.94. The molecule has 1 atom stereocenters. The number of hydrogen-bond donors (Lipinski definition) is 3. The summed E-state index contributed by atoms with van der Waals surface area (Å²) in [4.78, 5) is 21.0. The summed E-state index contributed by atoms with van der Waals surface area (Å²) in [6.45, 7) is 2.05. The Morgan fingerprint density at radius 2 is 2.27 bits per heavy atom. The van der Waals surface area contributed by atoms with Crippen molar-refractivity contribution in [2.75, 3.05) is 25.5 Å². The maximum atomic E-state index is 11.8. The minimum absolute atomic E-state index is 0.123. The molecule has 0 radical (unpaired) electrons. The van der Waals surface area contributed by atoms with E-state index >= 15 is 0 Å². The molecule has 4 rings (SSSR count). The van der Waals surface area contributed by atoms with E-state index in [1.807, 2.05) is 28.8 Å². The summed E-state index contributed by atoms with van der Waals surface area (Å²) in [5.74, 6) is 0.746. The average molecular weight is 350 g/mol. The Balaban J connectivity index is 1.62. The summed E-state index contributed by atoms with van der Waals surface area (Å²) in [7, 11) is 1.62. The lowest BCUT2D eigenvalue weighted by Crippen LogP contribution is -2.38. The number of fused-ring (bicyclic) bond motifs is 1. The molecule has 7 nitrogen and oxygen atoms in total. The van der Waals surface area contributed by atoms with Crippen molar-refractivity contribution in [3.63, 3.8) is 0 Å². The first-order chi connectivity index (χ1) is 12.7. The lowest BCUT2D eigenvalue weighted by molar-refractivity contribution is 0.0963. The number of imidazole rings is 1. The van der Waals surface area contributed by atoms with Gasteiger partial charge in [0.05, 0.1) is 17.6 Å². The highest BCUT2D eigenvalue weighted by Crippen LogP contribution is 2.22. The topological polar surface area (TPSA) is 83.4 Å². The molecule has 26 heavy (non-hydrogen) atoms. The maximum Gasteiger partial charge on any atom is 0.251 e. The van der Waals surface area contributed by atoms with Crippen LogP contribution in [0.5, 0.6) is 0 Å². The largest absolute Gasteiger partial charge is 0.366 e. The summed E-state index contributed by atoms with van der Waals surface area (Å²) in [5.41, 5.74) is 3.05. The van der Waals surface area contributed by atoms with Crippen LogP contribution in [0.25, 0.3) is 17.0 Å². The molecule has 1 saturated heterocycles. The standard InChI is InChI=1S/C19H22N6O/c1-20-19(26)13-7-9-25-16(12-22-18(25)10-13)15-5-2-6-17(24-15)23-14-4-3-8-21-11-14/h2,5-7,9-10,12,14,21H,3-4,8,11H2,1H3,(H,20,26)(H,23,24). The van der Waals surface area contributed by atoms with Gasteiger partial charge < -0.3 is 16.0 Å². The lowest BCUT2D eigenvalue weighted by Gasteiger charge is -2.24. The molecule has 134 valence electrons. The molecule has 7 heteroatoms. The second-order valence-corrected chi connectivity index (χ2v) is 6.46. The fraction of sp³-hybridized carbons (Fsp3) is 0.316. The van der Waals surface area contributed by atoms with E-state index in [-0.39, 0.29) is 5.91 Å². The summed E-state index contributed by atoms with van der Waals surface area (Å²) in [5, 5.41) is 9.54. The molecular formula is C19H22N6O. The van der Waals surface area contributed by atoms with Gasteiger partial charge in [-0.2, -0.15) is 0 Å². The third kappa shape index (κ3) is 3.25. The fourth-order valence-electron chi connectivity index (χ4n) is 3.30. The summed E-state index contributed by atoms with van der Waals surface area (Å²) in [6.07, 6.45) is 5.97. The van der Waals surface area contributed by atoms with E-state index in [2.05, 4.69) is 20.9 Å². The second-order valence-electron chi connectivity index (χ2n) is 6.46. The van der Waals surface area contributed by atoms with Gasteiger partial charge in [0.25, 0.3) is 5.91 Å². The smallest absolute Gasteiger partial charge is 0.251 e. The Labute approximate surface area is 151 Å². The summed E-state index contributed by atoms with van der Waals surface area (Å²) in [6, 6.07) is 9.93. The van der Waals surface area contributed by atoms with E-state index in [1.54, 1.807) is 25.4 Å². The number of nitrogens with one attached hydrogen (secondary N) is 3. The van der Waals surface area contributed by atoms with Crippen LogP contribution in [0.1, 0.15) is 23.2 Å². The third-order valence-electron chi connectivity index (χ3n) is 4.66. The van der Waals surface area contributed by atoms with E-state index in [9.17, 15) is 4.79 Å². The molecular weight excluding hydrogens is 328 g/mol. The van der Waals surface area contributed by atoms with E-state index < -0.39 is 0 Å². The first kappa shape index (κ1) is 16.5. The molecule has 0 aromatic carbocycles. The number of carbonyl (C=O) groups is 1. The van der Waals surface area contributed by atoms with Crippen molar-refractivity contribution in [3.8, 4) is 11.4 Å². The van der Waals surface area contributed by atoms with Crippen molar-refractivity contribution in [3.05, 3.63) is 48.3 Å². The van der Waals surface area contributed by atoms with E-state index in [1.165, 1.54) is 6.42 Å². The van der Waals surface area contributed by atoms with Crippen LogP contribution in [-0.4, -0.2) is 46.5 Å². The molecule has 4 heterocycles. The van der Waals surface area contributed by atoms with Crippen LogP contribution < -0.4 is 16.0 Å². The van der Waals surface area contributed by atoms with Gasteiger partial charge in [0.15, 0.2) is 0 Å². The predicted molar refractivity (Wildman–Crippen MR) is 101 cm³/mol. The molecule has 3 aromatic heterocycles. The van der Waals surface area contributed by atoms with Crippen LogP contribution in [0.15, 0.2) is 42.7 Å². The molecule has 1 aliphatic rings. The number of amides is 1. The molecule has 1 fully saturated rings. The van der Waals surface area contributed by atoms with Gasteiger partial charge in [-0.3, -0.25) is 9.20 Å². The minimum Gasteiger partial charge on any atom is -0.366 e. The molecule has 0 aliphatic carbocycles. The molecule has 0 spiro atoms. The normalized spacial score (nSPS) is 17.2. The number of nitrogens with zero attached hydrogens (tertiary/aromatic N) is 3. The molecule has 3 aromatic rings. The van der Waals surface area contributed by atoms with Crippen LogP contribution in [0, 0.1) is 0 Å². The molecule has 1 amide bonds. The lowest BCUT2D eigenvalue weighted by atomic mass is 10.1. The van der Waals surface area contributed by atoms with Crippen molar-refractivity contribution in [2.45, 2.75) is 18.9 Å². The minimum atomic E-state index is -0.123. The predicted octanol–water partition coefficient (Wildman–Crippen LogP) is 1.92. The fourth-order valence-corrected chi connectivity index (χ4v) is 3.30. The van der Waals surface area contributed by atoms with Gasteiger partial charge in [-0.15, -0.1) is 0 Å². The average Bonchev–Trinajstić information content (AvgIpc) is 3.11. The Hall–Kier alpha value is -2.93. The van der Waals surface area contributed by atoms with Crippen LogP contribution >= 0.6 is 0 Å². The Morgan fingerprint density at radius 3 is 3.08 bits per heavy atom. The van der Waals surface area contributed by atoms with Crippen LogP contribution in [0.2, 0.25) is 0 Å². The second kappa shape index (κ2) is 7.13. The monoisotopic (exact) mass is 350 g/mol. The molecule has 0 saturated carbocycles. The van der Waals surface area contributed by atoms with Gasteiger partial charge in [-0.1, -0.05) is 6.07 Å². The molecule has 1 unspecified atom stereocenters. The third-order valence-corrected chi connectivity index (χ3v) is 4.66. The SMILES string of the molecule is CNC(=O)c1ccn2c(-c3cccc(NC4CCCNC4)n3)cnc2c1. The van der Waals surface area contributed by atoms with Crippen LogP contribution in [0.4, 0.5) is 5.82 Å². The van der Waals surface area contributed by atoms with Crippen molar-refractivity contribution in [1.29, 1.82) is 0 Å². The zero-order valence-electron chi connectivity index (χ0n) is 14.7. The quantitative estimate of drug-likeness (QED) is 0.670. The Kier molecular flexibility index (Phi) is 4.53. The van der Waals surface area contributed by atoms with Crippen molar-refractivity contribution < 1.29 is 4.79 Å². The van der Waals surface area contributed by atoms with Gasteiger partial charge in [0, 0.05) is 31.4 Å². The maximum absolute atomic E-state index is 11.8. The molecule has 0 bridgehead atoms. The van der Waals surface area contributed by atoms with Gasteiger partial charge in [0.1, 0.15) is 11.5 Å². The van der Waals surface area contributed by atoms with E-state index in [4.69, 9.17) is 4.98 Å². The first-order valence-electron chi connectivity index (χ1n) is 8.88. The summed E-state index contributed by atoms with van der Waals surface area (Å²) >= 11 is 0. The zero-order chi connectivity index (χ0) is 17.9. The van der Waals surface area contributed by atoms with Crippen molar-refractivity contribution in [1.82, 2.24) is 25.0 Å². The number of piperidine rings is 1. The number of anilines is 1. The highest BCUT2D eigenvalue weighted by atomic mass is 16.1. The highest BCUT2D eigenvalue weighted by Gasteiger charge is 2.14. The van der Waals surface area contributed by atoms with Crippen LogP contribution in [0.3, 0.4) is 0 Å². The van der Waals surface area contributed by atoms with E-state index in [0.717, 1.165) is 42.4 Å². The first-order valence-corrected chi connectivity index (χ1v) is 8.88. The van der Waals surface area contributed by atoms with E-state index in [0.29, 0.717) is 11.6 Å². The Morgan fingerprint density at radius 1 is 1.35 bits per heavy atom. The van der Waals surface area contributed by atoms with Crippen molar-refractivity contribution >= 4 is 17.4 Å². The number of aromatic nitrogens is 3.